The highest BCUT2D eigenvalue weighted by Crippen LogP contribution is 2.26. The van der Waals surface area contributed by atoms with Crippen molar-refractivity contribution in [1.29, 1.82) is 0 Å². The molecule has 178 valence electrons. The lowest BCUT2D eigenvalue weighted by Gasteiger charge is -2.20. The minimum atomic E-state index is -0.330. The number of rotatable bonds is 8. The number of carbonyl (C=O) groups excluding carboxylic acids is 2. The number of hydrogen-bond acceptors (Lipinski definition) is 4. The second-order valence-electron chi connectivity index (χ2n) is 7.77. The molecule has 2 amide bonds. The normalized spacial score (nSPS) is 10.6. The average Bonchev–Trinajstić information content (AvgIpc) is 3.31. The fraction of sp³-hybridized carbons (Fsp3) is 0.148. The third-order valence-corrected chi connectivity index (χ3v) is 5.71. The molecule has 7 nitrogen and oxygen atoms in total. The van der Waals surface area contributed by atoms with E-state index in [0.29, 0.717) is 34.4 Å². The number of aromatic nitrogens is 2. The Bertz CT molecular complexity index is 1300. The van der Waals surface area contributed by atoms with Crippen LogP contribution in [-0.2, 0) is 4.79 Å². The Morgan fingerprint density at radius 1 is 1.00 bits per heavy atom. The van der Waals surface area contributed by atoms with Crippen molar-refractivity contribution < 1.29 is 14.3 Å². The summed E-state index contributed by atoms with van der Waals surface area (Å²) >= 11 is 5.93. The highest BCUT2D eigenvalue weighted by atomic mass is 35.5. The Morgan fingerprint density at radius 2 is 1.69 bits per heavy atom. The number of halogens is 1. The first kappa shape index (κ1) is 24.0. The van der Waals surface area contributed by atoms with Crippen LogP contribution >= 0.6 is 11.6 Å². The lowest BCUT2D eigenvalue weighted by atomic mass is 10.1. The van der Waals surface area contributed by atoms with Crippen molar-refractivity contribution in [2.45, 2.75) is 6.92 Å². The number of anilines is 1. The van der Waals surface area contributed by atoms with Crippen LogP contribution in [0.15, 0.2) is 84.9 Å². The van der Waals surface area contributed by atoms with E-state index < -0.39 is 0 Å². The fourth-order valence-electron chi connectivity index (χ4n) is 3.60. The van der Waals surface area contributed by atoms with E-state index in [9.17, 15) is 9.59 Å². The molecule has 35 heavy (non-hydrogen) atoms. The molecular formula is C27H25ClN4O3. The third-order valence-electron chi connectivity index (χ3n) is 5.46. The van der Waals surface area contributed by atoms with Gasteiger partial charge in [-0.15, -0.1) is 0 Å². The number of ether oxygens (including phenoxy) is 1. The molecule has 0 aliphatic rings. The minimum Gasteiger partial charge on any atom is -0.497 e. The molecule has 4 rings (SSSR count). The molecule has 0 radical (unpaired) electrons. The fourth-order valence-corrected chi connectivity index (χ4v) is 3.72. The van der Waals surface area contributed by atoms with Crippen LogP contribution in [0.1, 0.15) is 17.3 Å². The average molecular weight is 489 g/mol. The summed E-state index contributed by atoms with van der Waals surface area (Å²) in [6.45, 7) is 2.10. The van der Waals surface area contributed by atoms with Crippen molar-refractivity contribution in [3.8, 4) is 22.7 Å². The van der Waals surface area contributed by atoms with Crippen molar-refractivity contribution in [1.82, 2.24) is 14.7 Å². The van der Waals surface area contributed by atoms with Gasteiger partial charge in [0.1, 0.15) is 18.1 Å². The van der Waals surface area contributed by atoms with E-state index in [2.05, 4.69) is 5.32 Å². The van der Waals surface area contributed by atoms with E-state index in [1.807, 2.05) is 67.6 Å². The highest BCUT2D eigenvalue weighted by Gasteiger charge is 2.19. The largest absolute Gasteiger partial charge is 0.497 e. The van der Waals surface area contributed by atoms with Crippen LogP contribution in [0.2, 0.25) is 5.02 Å². The molecule has 0 saturated carbocycles. The Hall–Kier alpha value is -4.10. The van der Waals surface area contributed by atoms with Gasteiger partial charge in [-0.2, -0.15) is 5.10 Å². The second-order valence-corrected chi connectivity index (χ2v) is 8.20. The topological polar surface area (TPSA) is 76.5 Å². The summed E-state index contributed by atoms with van der Waals surface area (Å²) in [6.07, 6.45) is 0. The molecule has 0 fully saturated rings. The van der Waals surface area contributed by atoms with Crippen molar-refractivity contribution in [2.24, 2.45) is 0 Å². The summed E-state index contributed by atoms with van der Waals surface area (Å²) in [6, 6.07) is 25.5. The number of nitrogens with one attached hydrogen (secondary N) is 1. The Labute approximate surface area is 208 Å². The summed E-state index contributed by atoms with van der Waals surface area (Å²) in [5.41, 5.74) is 2.86. The highest BCUT2D eigenvalue weighted by molar-refractivity contribution is 6.30. The maximum atomic E-state index is 13.0. The van der Waals surface area contributed by atoms with Gasteiger partial charge in [-0.3, -0.25) is 9.59 Å². The molecule has 4 aromatic rings. The lowest BCUT2D eigenvalue weighted by molar-refractivity contribution is -0.116. The number of amides is 2. The third kappa shape index (κ3) is 5.70. The van der Waals surface area contributed by atoms with Gasteiger partial charge < -0.3 is 15.0 Å². The van der Waals surface area contributed by atoms with Gasteiger partial charge >= 0.3 is 0 Å². The van der Waals surface area contributed by atoms with Gasteiger partial charge in [0.15, 0.2) is 0 Å². The van der Waals surface area contributed by atoms with E-state index >= 15 is 0 Å². The Kier molecular flexibility index (Phi) is 7.48. The molecule has 0 saturated heterocycles. The number of benzene rings is 3. The minimum absolute atomic E-state index is 0.105. The summed E-state index contributed by atoms with van der Waals surface area (Å²) in [5, 5.41) is 8.19. The zero-order chi connectivity index (χ0) is 24.8. The molecule has 3 aromatic carbocycles. The summed E-state index contributed by atoms with van der Waals surface area (Å²) in [4.78, 5) is 27.4. The van der Waals surface area contributed by atoms with E-state index in [1.165, 1.54) is 4.90 Å². The van der Waals surface area contributed by atoms with Crippen LogP contribution in [0, 0.1) is 0 Å². The van der Waals surface area contributed by atoms with Gasteiger partial charge in [0.25, 0.3) is 5.91 Å². The number of carbonyl (C=O) groups is 2. The van der Waals surface area contributed by atoms with Gasteiger partial charge in [-0.1, -0.05) is 41.9 Å². The zero-order valence-electron chi connectivity index (χ0n) is 19.4. The van der Waals surface area contributed by atoms with E-state index in [4.69, 9.17) is 21.4 Å². The molecule has 1 aromatic heterocycles. The predicted octanol–water partition coefficient (Wildman–Crippen LogP) is 5.30. The van der Waals surface area contributed by atoms with Gasteiger partial charge in [-0.05, 0) is 55.5 Å². The van der Waals surface area contributed by atoms with Gasteiger partial charge in [0.05, 0.1) is 18.5 Å². The first-order valence-electron chi connectivity index (χ1n) is 11.1. The number of methoxy groups -OCH3 is 1. The molecule has 0 unspecified atom stereocenters. The molecule has 8 heteroatoms. The standard InChI is InChI=1S/C27H25ClN4O3/c1-3-31(27(34)20-9-11-21(28)12-10-20)18-26(33)29-25-17-24(19-7-5-4-6-8-19)30-32(25)22-13-15-23(35-2)16-14-22/h4-17H,3,18H2,1-2H3,(H,29,33). The molecule has 0 aliphatic carbocycles. The van der Waals surface area contributed by atoms with E-state index in [1.54, 1.807) is 36.1 Å². The van der Waals surface area contributed by atoms with Crippen LogP contribution in [0.3, 0.4) is 0 Å². The lowest BCUT2D eigenvalue weighted by Crippen LogP contribution is -2.38. The monoisotopic (exact) mass is 488 g/mol. The number of nitrogens with zero attached hydrogens (tertiary/aromatic N) is 3. The number of hydrogen-bond donors (Lipinski definition) is 1. The van der Waals surface area contributed by atoms with E-state index in [0.717, 1.165) is 11.3 Å². The zero-order valence-corrected chi connectivity index (χ0v) is 20.2. The Morgan fingerprint density at radius 3 is 2.31 bits per heavy atom. The predicted molar refractivity (Wildman–Crippen MR) is 137 cm³/mol. The van der Waals surface area contributed by atoms with E-state index in [-0.39, 0.29) is 18.4 Å². The Balaban J connectivity index is 1.58. The molecular weight excluding hydrogens is 464 g/mol. The maximum absolute atomic E-state index is 13.0. The van der Waals surface area contributed by atoms with Gasteiger partial charge in [-0.25, -0.2) is 4.68 Å². The van der Waals surface area contributed by atoms with Crippen molar-refractivity contribution in [3.63, 3.8) is 0 Å². The van der Waals surface area contributed by atoms with Crippen LogP contribution < -0.4 is 10.1 Å². The molecule has 0 aliphatic heterocycles. The first-order chi connectivity index (χ1) is 17.0. The van der Waals surface area contributed by atoms with Crippen molar-refractivity contribution in [3.05, 3.63) is 95.5 Å². The van der Waals surface area contributed by atoms with Crippen LogP contribution in [0.25, 0.3) is 16.9 Å². The molecule has 0 bridgehead atoms. The first-order valence-corrected chi connectivity index (χ1v) is 11.5. The molecule has 0 spiro atoms. The van der Waals surface area contributed by atoms with Crippen LogP contribution in [-0.4, -0.2) is 46.7 Å². The SMILES string of the molecule is CCN(CC(=O)Nc1cc(-c2ccccc2)nn1-c1ccc(OC)cc1)C(=O)c1ccc(Cl)cc1. The van der Waals surface area contributed by atoms with Crippen molar-refractivity contribution >= 4 is 29.2 Å². The summed E-state index contributed by atoms with van der Waals surface area (Å²) in [5.74, 6) is 0.638. The van der Waals surface area contributed by atoms with Crippen LogP contribution in [0.4, 0.5) is 5.82 Å². The second kappa shape index (κ2) is 10.9. The summed E-state index contributed by atoms with van der Waals surface area (Å²) in [7, 11) is 1.60. The molecule has 0 atom stereocenters. The van der Waals surface area contributed by atoms with Crippen LogP contribution in [0.5, 0.6) is 5.75 Å². The van der Waals surface area contributed by atoms with Gasteiger partial charge in [0.2, 0.25) is 5.91 Å². The quantitative estimate of drug-likeness (QED) is 0.365. The number of likely N-dealkylation sites (N-methyl/N-ethyl adjacent to an activating group) is 1. The van der Waals surface area contributed by atoms with Gasteiger partial charge in [0, 0.05) is 28.8 Å². The molecule has 1 N–H and O–H groups in total. The maximum Gasteiger partial charge on any atom is 0.254 e. The smallest absolute Gasteiger partial charge is 0.254 e. The van der Waals surface area contributed by atoms with Crippen molar-refractivity contribution in [2.75, 3.05) is 25.5 Å². The molecule has 1 heterocycles. The summed E-state index contributed by atoms with van der Waals surface area (Å²) < 4.78 is 6.92.